The van der Waals surface area contributed by atoms with Crippen molar-refractivity contribution in [2.45, 2.75) is 13.3 Å². The minimum atomic E-state index is -0.360. The van der Waals surface area contributed by atoms with Gasteiger partial charge in [0.15, 0.2) is 5.78 Å². The van der Waals surface area contributed by atoms with Crippen molar-refractivity contribution in [1.82, 2.24) is 0 Å². The molecule has 0 saturated heterocycles. The van der Waals surface area contributed by atoms with Crippen LogP contribution in [0.5, 0.6) is 0 Å². The average molecular weight is 219 g/mol. The molecule has 0 aromatic heterocycles. The summed E-state index contributed by atoms with van der Waals surface area (Å²) in [5.41, 5.74) is 1.30. The Hall–Kier alpha value is -1.64. The van der Waals surface area contributed by atoms with Crippen LogP contribution in [0.3, 0.4) is 0 Å². The second-order valence-electron chi connectivity index (χ2n) is 3.92. The smallest absolute Gasteiger partial charge is 0.161 e. The van der Waals surface area contributed by atoms with Crippen LogP contribution in [0.25, 0.3) is 0 Å². The number of carbonyl (C=O) groups is 1. The summed E-state index contributed by atoms with van der Waals surface area (Å²) in [4.78, 5) is 13.5. The maximum absolute atomic E-state index is 13.1. The van der Waals surface area contributed by atoms with Crippen molar-refractivity contribution in [2.24, 2.45) is 0 Å². The van der Waals surface area contributed by atoms with Gasteiger partial charge < -0.3 is 4.90 Å². The summed E-state index contributed by atoms with van der Waals surface area (Å²) >= 11 is 0. The first kappa shape index (κ1) is 10.9. The first-order valence-corrected chi connectivity index (χ1v) is 5.39. The average Bonchev–Trinajstić information content (AvgIpc) is 2.30. The molecule has 0 fully saturated rings. The Labute approximate surface area is 94.4 Å². The summed E-state index contributed by atoms with van der Waals surface area (Å²) in [5, 5.41) is 0. The van der Waals surface area contributed by atoms with Crippen molar-refractivity contribution in [1.29, 1.82) is 0 Å². The summed E-state index contributed by atoms with van der Waals surface area (Å²) in [6, 6.07) is 4.40. The van der Waals surface area contributed by atoms with E-state index in [1.54, 1.807) is 6.07 Å². The lowest BCUT2D eigenvalue weighted by molar-refractivity contribution is 0.101. The topological polar surface area (TPSA) is 20.3 Å². The lowest BCUT2D eigenvalue weighted by Crippen LogP contribution is -2.28. The van der Waals surface area contributed by atoms with E-state index in [1.165, 1.54) is 19.1 Å². The first-order valence-electron chi connectivity index (χ1n) is 5.39. The van der Waals surface area contributed by atoms with Gasteiger partial charge in [-0.2, -0.15) is 0 Å². The van der Waals surface area contributed by atoms with Crippen LogP contribution in [0.4, 0.5) is 10.1 Å². The fourth-order valence-corrected chi connectivity index (χ4v) is 1.93. The maximum Gasteiger partial charge on any atom is 0.161 e. The zero-order valence-corrected chi connectivity index (χ0v) is 9.24. The SMILES string of the molecule is CC(=O)c1cc(F)ccc1N1CC=CCC1. The van der Waals surface area contributed by atoms with Crippen LogP contribution in [0.2, 0.25) is 0 Å². The van der Waals surface area contributed by atoms with Crippen LogP contribution in [-0.4, -0.2) is 18.9 Å². The Kier molecular flexibility index (Phi) is 3.04. The fraction of sp³-hybridized carbons (Fsp3) is 0.308. The predicted octanol–water partition coefficient (Wildman–Crippen LogP) is 2.79. The quantitative estimate of drug-likeness (QED) is 0.563. The Morgan fingerprint density at radius 3 is 2.81 bits per heavy atom. The van der Waals surface area contributed by atoms with Crippen molar-refractivity contribution in [3.05, 3.63) is 41.7 Å². The lowest BCUT2D eigenvalue weighted by atomic mass is 10.1. The molecule has 0 N–H and O–H groups in total. The van der Waals surface area contributed by atoms with Crippen molar-refractivity contribution in [3.63, 3.8) is 0 Å². The van der Waals surface area contributed by atoms with E-state index in [9.17, 15) is 9.18 Å². The van der Waals surface area contributed by atoms with Gasteiger partial charge in [0.25, 0.3) is 0 Å². The van der Waals surface area contributed by atoms with Crippen molar-refractivity contribution in [3.8, 4) is 0 Å². The van der Waals surface area contributed by atoms with Gasteiger partial charge in [-0.1, -0.05) is 12.2 Å². The van der Waals surface area contributed by atoms with Crippen molar-refractivity contribution < 1.29 is 9.18 Å². The number of benzene rings is 1. The van der Waals surface area contributed by atoms with E-state index in [1.807, 2.05) is 0 Å². The van der Waals surface area contributed by atoms with Crippen LogP contribution >= 0.6 is 0 Å². The highest BCUT2D eigenvalue weighted by atomic mass is 19.1. The summed E-state index contributed by atoms with van der Waals surface area (Å²) in [5.74, 6) is -0.453. The summed E-state index contributed by atoms with van der Waals surface area (Å²) in [6.07, 6.45) is 5.15. The van der Waals surface area contributed by atoms with Crippen LogP contribution in [0.1, 0.15) is 23.7 Å². The third kappa shape index (κ3) is 2.13. The number of Topliss-reactive ketones (excluding diaryl/α,β-unsaturated/α-hetero) is 1. The minimum Gasteiger partial charge on any atom is -0.367 e. The van der Waals surface area contributed by atoms with E-state index in [0.29, 0.717) is 5.56 Å². The van der Waals surface area contributed by atoms with Gasteiger partial charge in [0.1, 0.15) is 5.82 Å². The first-order chi connectivity index (χ1) is 7.68. The number of anilines is 1. The molecule has 16 heavy (non-hydrogen) atoms. The van der Waals surface area contributed by atoms with Crippen molar-refractivity contribution in [2.75, 3.05) is 18.0 Å². The largest absolute Gasteiger partial charge is 0.367 e. The standard InChI is InChI=1S/C13H14FNO/c1-10(16)12-9-11(14)5-6-13(12)15-7-3-2-4-8-15/h2-3,5-6,9H,4,7-8H2,1H3. The minimum absolute atomic E-state index is 0.0935. The summed E-state index contributed by atoms with van der Waals surface area (Å²) in [7, 11) is 0. The molecule has 1 aliphatic rings. The van der Waals surface area contributed by atoms with Gasteiger partial charge >= 0.3 is 0 Å². The molecule has 1 aliphatic heterocycles. The number of halogens is 1. The molecule has 0 atom stereocenters. The maximum atomic E-state index is 13.1. The van der Waals surface area contributed by atoms with E-state index < -0.39 is 0 Å². The highest BCUT2D eigenvalue weighted by Gasteiger charge is 2.15. The molecular weight excluding hydrogens is 205 g/mol. The predicted molar refractivity (Wildman–Crippen MR) is 62.4 cm³/mol. The zero-order valence-electron chi connectivity index (χ0n) is 9.24. The lowest BCUT2D eigenvalue weighted by Gasteiger charge is -2.27. The molecule has 0 spiro atoms. The molecule has 2 nitrogen and oxygen atoms in total. The van der Waals surface area contributed by atoms with E-state index in [-0.39, 0.29) is 11.6 Å². The zero-order chi connectivity index (χ0) is 11.5. The van der Waals surface area contributed by atoms with E-state index >= 15 is 0 Å². The Morgan fingerprint density at radius 2 is 2.19 bits per heavy atom. The van der Waals surface area contributed by atoms with Gasteiger partial charge in [-0.25, -0.2) is 4.39 Å². The normalized spacial score (nSPS) is 15.2. The molecule has 0 aliphatic carbocycles. The number of ketones is 1. The van der Waals surface area contributed by atoms with Gasteiger partial charge in [-0.15, -0.1) is 0 Å². The number of carbonyl (C=O) groups excluding carboxylic acids is 1. The molecule has 2 rings (SSSR count). The molecule has 0 amide bonds. The highest BCUT2D eigenvalue weighted by Crippen LogP contribution is 2.23. The van der Waals surface area contributed by atoms with Gasteiger partial charge in [0.2, 0.25) is 0 Å². The molecule has 0 radical (unpaired) electrons. The van der Waals surface area contributed by atoms with Crippen LogP contribution in [0.15, 0.2) is 30.4 Å². The third-order valence-electron chi connectivity index (χ3n) is 2.74. The van der Waals surface area contributed by atoms with Gasteiger partial charge in [0.05, 0.1) is 0 Å². The van der Waals surface area contributed by atoms with Crippen LogP contribution in [0, 0.1) is 5.82 Å². The number of nitrogens with zero attached hydrogens (tertiary/aromatic N) is 1. The second-order valence-corrected chi connectivity index (χ2v) is 3.92. The third-order valence-corrected chi connectivity index (χ3v) is 2.74. The molecule has 3 heteroatoms. The second kappa shape index (κ2) is 4.47. The molecule has 84 valence electrons. The van der Waals surface area contributed by atoms with Gasteiger partial charge in [-0.05, 0) is 31.5 Å². The van der Waals surface area contributed by atoms with Gasteiger partial charge in [-0.3, -0.25) is 4.79 Å². The Bertz CT molecular complexity index is 440. The monoisotopic (exact) mass is 219 g/mol. The summed E-state index contributed by atoms with van der Waals surface area (Å²) in [6.45, 7) is 3.13. The summed E-state index contributed by atoms with van der Waals surface area (Å²) < 4.78 is 13.1. The highest BCUT2D eigenvalue weighted by molar-refractivity contribution is 5.99. The molecule has 1 heterocycles. The fourth-order valence-electron chi connectivity index (χ4n) is 1.93. The Morgan fingerprint density at radius 1 is 1.38 bits per heavy atom. The van der Waals surface area contributed by atoms with E-state index in [0.717, 1.165) is 25.2 Å². The van der Waals surface area contributed by atoms with Crippen molar-refractivity contribution >= 4 is 11.5 Å². The Balaban J connectivity index is 2.39. The molecular formula is C13H14FNO. The molecule has 0 unspecified atom stereocenters. The van der Waals surface area contributed by atoms with Crippen LogP contribution < -0.4 is 4.90 Å². The number of hydrogen-bond acceptors (Lipinski definition) is 2. The number of rotatable bonds is 2. The van der Waals surface area contributed by atoms with Gasteiger partial charge in [0, 0.05) is 24.3 Å². The van der Waals surface area contributed by atoms with Crippen LogP contribution in [-0.2, 0) is 0 Å². The molecule has 1 aromatic carbocycles. The molecule has 0 bridgehead atoms. The number of hydrogen-bond donors (Lipinski definition) is 0. The molecule has 1 aromatic rings. The van der Waals surface area contributed by atoms with E-state index in [2.05, 4.69) is 17.1 Å². The van der Waals surface area contributed by atoms with E-state index in [4.69, 9.17) is 0 Å². The molecule has 0 saturated carbocycles.